The van der Waals surface area contributed by atoms with Gasteiger partial charge in [0, 0.05) is 16.8 Å². The minimum Gasteiger partial charge on any atom is -0.506 e. The maximum Gasteiger partial charge on any atom is 0.141 e. The van der Waals surface area contributed by atoms with E-state index >= 15 is 0 Å². The van der Waals surface area contributed by atoms with E-state index in [2.05, 4.69) is 41.7 Å². The lowest BCUT2D eigenvalue weighted by Gasteiger charge is -2.19. The molecule has 2 rings (SSSR count). The van der Waals surface area contributed by atoms with Crippen LogP contribution in [0.2, 0.25) is 5.02 Å². The number of hydrogen-bond acceptors (Lipinski definition) is 3. The number of hydrogen-bond donors (Lipinski definition) is 2. The zero-order chi connectivity index (χ0) is 16.5. The molecule has 2 N–H and O–H groups in total. The van der Waals surface area contributed by atoms with Crippen LogP contribution in [0.4, 0.5) is 5.69 Å². The molecule has 0 aromatic heterocycles. The van der Waals surface area contributed by atoms with E-state index in [0.29, 0.717) is 20.7 Å². The van der Waals surface area contributed by atoms with Crippen LogP contribution in [0, 0.1) is 0 Å². The Bertz CT molecular complexity index is 736. The molecule has 0 aliphatic rings. The summed E-state index contributed by atoms with van der Waals surface area (Å²) in [6.45, 7) is 6.27. The number of aromatic hydroxyl groups is 2. The second-order valence-electron chi connectivity index (χ2n) is 6.04. The van der Waals surface area contributed by atoms with Crippen molar-refractivity contribution in [3.05, 3.63) is 51.0 Å². The average molecular weight is 383 g/mol. The largest absolute Gasteiger partial charge is 0.506 e. The maximum atomic E-state index is 9.99. The first-order valence-corrected chi connectivity index (χ1v) is 7.91. The van der Waals surface area contributed by atoms with E-state index in [1.54, 1.807) is 18.2 Å². The molecule has 0 aliphatic heterocycles. The molecule has 5 heteroatoms. The van der Waals surface area contributed by atoms with E-state index in [1.165, 1.54) is 6.21 Å². The number of halogens is 2. The van der Waals surface area contributed by atoms with Gasteiger partial charge in [-0.2, -0.15) is 0 Å². The monoisotopic (exact) mass is 381 g/mol. The second kappa shape index (κ2) is 6.31. The van der Waals surface area contributed by atoms with Crippen molar-refractivity contribution in [2.75, 3.05) is 0 Å². The number of aliphatic imine (C=N–C) groups is 1. The SMILES string of the molecule is CC(C)(C)c1ccc(O)c(N=Cc2cc(Cl)cc(Br)c2O)c1. The lowest BCUT2D eigenvalue weighted by atomic mass is 9.87. The number of nitrogens with zero attached hydrogens (tertiary/aromatic N) is 1. The highest BCUT2D eigenvalue weighted by Crippen LogP contribution is 2.34. The van der Waals surface area contributed by atoms with E-state index in [9.17, 15) is 10.2 Å². The third-order valence-corrected chi connectivity index (χ3v) is 4.06. The Kier molecular flexibility index (Phi) is 4.83. The summed E-state index contributed by atoms with van der Waals surface area (Å²) in [5, 5.41) is 20.4. The van der Waals surface area contributed by atoms with E-state index in [-0.39, 0.29) is 16.9 Å². The summed E-state index contributed by atoms with van der Waals surface area (Å²) in [5.74, 6) is 0.143. The van der Waals surface area contributed by atoms with Gasteiger partial charge in [-0.1, -0.05) is 38.4 Å². The van der Waals surface area contributed by atoms with Crippen molar-refractivity contribution in [2.45, 2.75) is 26.2 Å². The molecule has 2 aromatic carbocycles. The molecule has 0 saturated carbocycles. The fourth-order valence-electron chi connectivity index (χ4n) is 1.92. The van der Waals surface area contributed by atoms with Gasteiger partial charge in [-0.25, -0.2) is 0 Å². The van der Waals surface area contributed by atoms with E-state index in [0.717, 1.165) is 5.56 Å². The average Bonchev–Trinajstić information content (AvgIpc) is 2.41. The van der Waals surface area contributed by atoms with Crippen LogP contribution in [0.15, 0.2) is 39.8 Å². The summed E-state index contributed by atoms with van der Waals surface area (Å²) in [7, 11) is 0. The Hall–Kier alpha value is -1.52. The molecular weight excluding hydrogens is 366 g/mol. The van der Waals surface area contributed by atoms with Crippen LogP contribution in [-0.2, 0) is 5.41 Å². The summed E-state index contributed by atoms with van der Waals surface area (Å²) in [6.07, 6.45) is 1.48. The molecule has 0 heterocycles. The minimum atomic E-state index is -0.0425. The highest BCUT2D eigenvalue weighted by atomic mass is 79.9. The third-order valence-electron chi connectivity index (χ3n) is 3.24. The summed E-state index contributed by atoms with van der Waals surface area (Å²) in [4.78, 5) is 4.28. The zero-order valence-corrected chi connectivity index (χ0v) is 14.9. The van der Waals surface area contributed by atoms with Crippen molar-refractivity contribution in [3.8, 4) is 11.5 Å². The van der Waals surface area contributed by atoms with Gasteiger partial charge in [-0.3, -0.25) is 4.99 Å². The van der Waals surface area contributed by atoms with Crippen molar-refractivity contribution in [3.63, 3.8) is 0 Å². The molecule has 0 bridgehead atoms. The number of phenols is 2. The maximum absolute atomic E-state index is 9.99. The van der Waals surface area contributed by atoms with Crippen molar-refractivity contribution in [1.29, 1.82) is 0 Å². The predicted molar refractivity (Wildman–Crippen MR) is 94.9 cm³/mol. The molecule has 0 saturated heterocycles. The number of benzene rings is 2. The molecule has 0 atom stereocenters. The van der Waals surface area contributed by atoms with Gasteiger partial charge in [-0.15, -0.1) is 0 Å². The van der Waals surface area contributed by atoms with Crippen LogP contribution in [0.3, 0.4) is 0 Å². The first-order valence-electron chi connectivity index (χ1n) is 6.74. The van der Waals surface area contributed by atoms with Crippen molar-refractivity contribution in [2.24, 2.45) is 4.99 Å². The molecule has 0 fully saturated rings. The Morgan fingerprint density at radius 1 is 1.14 bits per heavy atom. The van der Waals surface area contributed by atoms with Crippen molar-refractivity contribution in [1.82, 2.24) is 0 Å². The fourth-order valence-corrected chi connectivity index (χ4v) is 2.75. The predicted octanol–water partition coefficient (Wildman–Crippen LogP) is 5.56. The van der Waals surface area contributed by atoms with Crippen LogP contribution >= 0.6 is 27.5 Å². The highest BCUT2D eigenvalue weighted by Gasteiger charge is 2.15. The van der Waals surface area contributed by atoms with Gasteiger partial charge in [0.2, 0.25) is 0 Å². The number of rotatable bonds is 2. The second-order valence-corrected chi connectivity index (χ2v) is 7.33. The topological polar surface area (TPSA) is 52.8 Å². The van der Waals surface area contributed by atoms with Crippen LogP contribution in [0.5, 0.6) is 11.5 Å². The standard InChI is InChI=1S/C17H17BrClNO2/c1-17(2,3)11-4-5-15(21)14(7-11)20-9-10-6-12(19)8-13(18)16(10)22/h4-9,21-22H,1-3H3. The van der Waals surface area contributed by atoms with E-state index < -0.39 is 0 Å². The zero-order valence-electron chi connectivity index (χ0n) is 12.6. The van der Waals surface area contributed by atoms with Crippen LogP contribution in [0.25, 0.3) is 0 Å². The van der Waals surface area contributed by atoms with Crippen LogP contribution in [0.1, 0.15) is 31.9 Å². The van der Waals surface area contributed by atoms with Crippen LogP contribution in [-0.4, -0.2) is 16.4 Å². The molecule has 3 nitrogen and oxygen atoms in total. The lowest BCUT2D eigenvalue weighted by molar-refractivity contribution is 0.470. The molecule has 0 radical (unpaired) electrons. The molecule has 0 amide bonds. The van der Waals surface area contributed by atoms with Crippen LogP contribution < -0.4 is 0 Å². The molecule has 0 aliphatic carbocycles. The van der Waals surface area contributed by atoms with Gasteiger partial charge in [0.05, 0.1) is 4.47 Å². The van der Waals surface area contributed by atoms with E-state index in [1.807, 2.05) is 12.1 Å². The van der Waals surface area contributed by atoms with Crippen molar-refractivity contribution < 1.29 is 10.2 Å². The number of phenolic OH excluding ortho intramolecular Hbond substituents is 2. The quantitative estimate of drug-likeness (QED) is 0.668. The van der Waals surface area contributed by atoms with Gasteiger partial charge >= 0.3 is 0 Å². The Morgan fingerprint density at radius 2 is 1.82 bits per heavy atom. The van der Waals surface area contributed by atoms with Crippen molar-refractivity contribution >= 4 is 39.4 Å². The summed E-state index contributed by atoms with van der Waals surface area (Å²) in [6, 6.07) is 8.55. The minimum absolute atomic E-state index is 0.0425. The molecule has 0 spiro atoms. The molecular formula is C17H17BrClNO2. The van der Waals surface area contributed by atoms with Gasteiger partial charge < -0.3 is 10.2 Å². The molecule has 22 heavy (non-hydrogen) atoms. The Balaban J connectivity index is 2.43. The Morgan fingerprint density at radius 3 is 2.45 bits per heavy atom. The lowest BCUT2D eigenvalue weighted by Crippen LogP contribution is -2.10. The van der Waals surface area contributed by atoms with Gasteiger partial charge in [0.25, 0.3) is 0 Å². The first kappa shape index (κ1) is 16.8. The molecule has 2 aromatic rings. The van der Waals surface area contributed by atoms with E-state index in [4.69, 9.17) is 11.6 Å². The summed E-state index contributed by atoms with van der Waals surface area (Å²) in [5.41, 5.74) is 1.94. The third kappa shape index (κ3) is 3.81. The smallest absolute Gasteiger partial charge is 0.141 e. The van der Waals surface area contributed by atoms with Gasteiger partial charge in [0.1, 0.15) is 17.2 Å². The first-order chi connectivity index (χ1) is 10.2. The summed E-state index contributed by atoms with van der Waals surface area (Å²) >= 11 is 9.20. The highest BCUT2D eigenvalue weighted by molar-refractivity contribution is 9.10. The molecule has 0 unspecified atom stereocenters. The summed E-state index contributed by atoms with van der Waals surface area (Å²) < 4.78 is 0.495. The van der Waals surface area contributed by atoms with Gasteiger partial charge in [0.15, 0.2) is 0 Å². The molecule has 116 valence electrons. The fraction of sp³-hybridized carbons (Fsp3) is 0.235. The van der Waals surface area contributed by atoms with Gasteiger partial charge in [-0.05, 0) is 51.2 Å². The Labute approximate surface area is 143 Å². The normalized spacial score (nSPS) is 12.0.